The molecular weight excluding hydrogens is 670 g/mol. The van der Waals surface area contributed by atoms with Gasteiger partial charge in [-0.25, -0.2) is 29.1 Å². The third kappa shape index (κ3) is 4.57. The fourth-order valence-electron chi connectivity index (χ4n) is 7.80. The molecule has 8 N–H and O–H groups in total. The molecular formula is C24H28N8O13P2. The smallest absolute Gasteiger partial charge is 0.390 e. The second kappa shape index (κ2) is 10.2. The van der Waals surface area contributed by atoms with Crippen LogP contribution in [0.5, 0.6) is 0 Å². The summed E-state index contributed by atoms with van der Waals surface area (Å²) in [7, 11) is -10.6. The van der Waals surface area contributed by atoms with Gasteiger partial charge < -0.3 is 49.3 Å². The van der Waals surface area contributed by atoms with E-state index in [1.54, 1.807) is 0 Å². The van der Waals surface area contributed by atoms with Crippen molar-refractivity contribution in [3.63, 3.8) is 0 Å². The average molecular weight is 698 g/mol. The second-order valence-electron chi connectivity index (χ2n) is 12.6. The zero-order valence-corrected chi connectivity index (χ0v) is 25.7. The summed E-state index contributed by atoms with van der Waals surface area (Å²) in [6.45, 7) is -1.29. The summed E-state index contributed by atoms with van der Waals surface area (Å²) in [5.41, 5.74) is -3.08. The minimum atomic E-state index is -5.31. The molecule has 4 heterocycles. The zero-order chi connectivity index (χ0) is 33.3. The van der Waals surface area contributed by atoms with Gasteiger partial charge in [0.1, 0.15) is 12.2 Å². The van der Waals surface area contributed by atoms with E-state index >= 15 is 0 Å². The van der Waals surface area contributed by atoms with Crippen molar-refractivity contribution in [3.8, 4) is 0 Å². The average Bonchev–Trinajstić information content (AvgIpc) is 3.73. The van der Waals surface area contributed by atoms with Gasteiger partial charge in [-0.3, -0.25) is 18.6 Å². The Morgan fingerprint density at radius 3 is 1.55 bits per heavy atom. The predicted octanol–water partition coefficient (Wildman–Crippen LogP) is -1.93. The number of hydrogen-bond donors (Lipinski definition) is 8. The van der Waals surface area contributed by atoms with E-state index in [4.69, 9.17) is 9.05 Å². The molecule has 23 heteroatoms. The van der Waals surface area contributed by atoms with Crippen LogP contribution in [-0.2, 0) is 22.5 Å². The summed E-state index contributed by atoms with van der Waals surface area (Å²) in [6, 6.07) is -1.61. The Morgan fingerprint density at radius 1 is 0.745 bits per heavy atom. The van der Waals surface area contributed by atoms with Crippen molar-refractivity contribution in [2.45, 2.75) is 49.3 Å². The van der Waals surface area contributed by atoms with E-state index in [-0.39, 0.29) is 35.2 Å². The first kappa shape index (κ1) is 31.1. The van der Waals surface area contributed by atoms with Crippen LogP contribution in [-0.4, -0.2) is 107 Å². The number of aromatic amines is 2. The first-order valence-corrected chi connectivity index (χ1v) is 17.4. The number of hydrogen-bond acceptors (Lipinski definition) is 15. The SMILES string of the molecule is O=c1[nH]cnc2c1ncn2[C@H]1[C@H](O)[C@H](O)[C@@]2(COP(=O)(O)OP(=O)(O)OC[C@]34C[C@H]3[C@@H](n3cnc5c(=O)[nH]cnc53)[C@H](O)[C@@H]4O)C[C@@H]12. The molecule has 0 bridgehead atoms. The van der Waals surface area contributed by atoms with E-state index in [1.165, 1.54) is 21.8 Å². The lowest BCUT2D eigenvalue weighted by atomic mass is 10.0. The van der Waals surface area contributed by atoms with Crippen LogP contribution in [0.4, 0.5) is 0 Å². The molecule has 47 heavy (non-hydrogen) atoms. The highest BCUT2D eigenvalue weighted by molar-refractivity contribution is 7.61. The Bertz CT molecular complexity index is 1990. The zero-order valence-electron chi connectivity index (χ0n) is 23.9. The number of phosphoric ester groups is 2. The highest BCUT2D eigenvalue weighted by Crippen LogP contribution is 2.72. The maximum absolute atomic E-state index is 12.8. The largest absolute Gasteiger partial charge is 0.481 e. The molecule has 8 rings (SSSR count). The number of aliphatic hydroxyl groups is 4. The molecule has 0 aromatic carbocycles. The fourth-order valence-corrected chi connectivity index (χ4v) is 10.0. The summed E-state index contributed by atoms with van der Waals surface area (Å²) in [6.07, 6.45) is -0.276. The molecule has 12 atom stereocenters. The number of nitrogens with one attached hydrogen (secondary N) is 2. The number of aromatic nitrogens is 8. The molecule has 0 amide bonds. The van der Waals surface area contributed by atoms with E-state index in [0.717, 1.165) is 12.7 Å². The van der Waals surface area contributed by atoms with Crippen LogP contribution in [0.15, 0.2) is 34.9 Å². The van der Waals surface area contributed by atoms with E-state index < -0.39 is 99.1 Å². The fraction of sp³-hybridized carbons (Fsp3) is 0.583. The summed E-state index contributed by atoms with van der Waals surface area (Å²) < 4.78 is 43.0. The van der Waals surface area contributed by atoms with Gasteiger partial charge in [-0.2, -0.15) is 4.31 Å². The summed E-state index contributed by atoms with van der Waals surface area (Å²) >= 11 is 0. The first-order valence-electron chi connectivity index (χ1n) is 14.4. The number of imidazole rings is 2. The molecule has 0 saturated heterocycles. The Kier molecular flexibility index (Phi) is 6.72. The van der Waals surface area contributed by atoms with Crippen LogP contribution in [0.2, 0.25) is 0 Å². The number of fused-ring (bicyclic) bond motifs is 4. The standard InChI is InChI=1S/C24H28N8O13P2/c33-15-13(31-7-29-11-19(31)25-5-27-21(11)37)9-1-23(9,17(15)35)3-43-46(39,40)45-47(41,42)44-4-24-2-10(24)14(16(34)18(24)36)32-8-30-12-20(32)26-6-28-22(12)38/h5-10,13-18,33-36H,1-4H2,(H,39,40)(H,41,42)(H,25,27,37)(H,26,28,38)/t9-,10-,13+,14+,15-,16-,17-,18-,23+,24+/m0/s1. The molecule has 0 aliphatic heterocycles. The third-order valence-corrected chi connectivity index (χ3v) is 12.8. The van der Waals surface area contributed by atoms with E-state index in [9.17, 15) is 48.9 Å². The van der Waals surface area contributed by atoms with Gasteiger partial charge in [-0.15, -0.1) is 0 Å². The minimum absolute atomic E-state index is 0.0200. The normalized spacial score (nSPS) is 38.3. The Labute approximate surface area is 261 Å². The van der Waals surface area contributed by atoms with E-state index in [0.29, 0.717) is 0 Å². The molecule has 4 aromatic rings. The Hall–Kier alpha value is -3.20. The van der Waals surface area contributed by atoms with Crippen LogP contribution in [0, 0.1) is 22.7 Å². The summed E-state index contributed by atoms with van der Waals surface area (Å²) in [5, 5.41) is 43.4. The molecule has 4 aliphatic carbocycles. The molecule has 2 unspecified atom stereocenters. The van der Waals surface area contributed by atoms with Gasteiger partial charge in [0.05, 0.1) is 62.8 Å². The lowest BCUT2D eigenvalue weighted by Crippen LogP contribution is -2.36. The molecule has 4 saturated carbocycles. The monoisotopic (exact) mass is 698 g/mol. The molecule has 21 nitrogen and oxygen atoms in total. The summed E-state index contributed by atoms with van der Waals surface area (Å²) in [4.78, 5) is 65.8. The highest BCUT2D eigenvalue weighted by Gasteiger charge is 2.73. The van der Waals surface area contributed by atoms with Gasteiger partial charge >= 0.3 is 15.6 Å². The topological polar surface area (TPSA) is 310 Å². The Morgan fingerprint density at radius 2 is 1.15 bits per heavy atom. The van der Waals surface area contributed by atoms with Gasteiger partial charge in [0.15, 0.2) is 22.3 Å². The van der Waals surface area contributed by atoms with Crippen LogP contribution < -0.4 is 11.1 Å². The summed E-state index contributed by atoms with van der Waals surface area (Å²) in [5.74, 6) is -1.00. The molecule has 4 aliphatic rings. The maximum atomic E-state index is 12.8. The van der Waals surface area contributed by atoms with Gasteiger partial charge in [0.2, 0.25) is 0 Å². The van der Waals surface area contributed by atoms with Gasteiger partial charge in [-0.1, -0.05) is 0 Å². The Balaban J connectivity index is 0.921. The lowest BCUT2D eigenvalue weighted by Gasteiger charge is -2.25. The predicted molar refractivity (Wildman–Crippen MR) is 152 cm³/mol. The van der Waals surface area contributed by atoms with Crippen molar-refractivity contribution in [2.24, 2.45) is 22.7 Å². The minimum Gasteiger partial charge on any atom is -0.390 e. The number of phosphoric acid groups is 2. The molecule has 0 radical (unpaired) electrons. The second-order valence-corrected chi connectivity index (χ2v) is 15.7. The molecule has 0 spiro atoms. The van der Waals surface area contributed by atoms with Gasteiger partial charge in [-0.05, 0) is 24.7 Å². The van der Waals surface area contributed by atoms with Crippen molar-refractivity contribution in [1.82, 2.24) is 39.0 Å². The third-order valence-electron chi connectivity index (χ3n) is 10.3. The maximum Gasteiger partial charge on any atom is 0.481 e. The van der Waals surface area contributed by atoms with Gasteiger partial charge in [0.25, 0.3) is 11.1 Å². The van der Waals surface area contributed by atoms with Crippen LogP contribution in [0.1, 0.15) is 24.9 Å². The number of rotatable bonds is 10. The van der Waals surface area contributed by atoms with Gasteiger partial charge in [0, 0.05) is 10.8 Å². The number of H-pyrrole nitrogens is 2. The van der Waals surface area contributed by atoms with Crippen molar-refractivity contribution >= 4 is 38.0 Å². The first-order chi connectivity index (χ1) is 22.2. The highest BCUT2D eigenvalue weighted by atomic mass is 31.3. The molecule has 4 fully saturated rings. The van der Waals surface area contributed by atoms with Crippen LogP contribution in [0.3, 0.4) is 0 Å². The van der Waals surface area contributed by atoms with Crippen molar-refractivity contribution < 1.29 is 52.7 Å². The van der Waals surface area contributed by atoms with E-state index in [1.807, 2.05) is 0 Å². The number of aliphatic hydroxyl groups excluding tert-OH is 4. The number of nitrogens with zero attached hydrogens (tertiary/aromatic N) is 6. The van der Waals surface area contributed by atoms with Crippen LogP contribution in [0.25, 0.3) is 22.3 Å². The molecule has 252 valence electrons. The lowest BCUT2D eigenvalue weighted by molar-refractivity contribution is -0.0319. The van der Waals surface area contributed by atoms with Crippen molar-refractivity contribution in [3.05, 3.63) is 46.0 Å². The molecule has 4 aromatic heterocycles. The van der Waals surface area contributed by atoms with E-state index in [2.05, 4.69) is 34.2 Å². The van der Waals surface area contributed by atoms with Crippen molar-refractivity contribution in [1.29, 1.82) is 0 Å². The van der Waals surface area contributed by atoms with Crippen molar-refractivity contribution in [2.75, 3.05) is 13.2 Å². The quantitative estimate of drug-likeness (QED) is 0.0836. The van der Waals surface area contributed by atoms with Crippen LogP contribution >= 0.6 is 15.6 Å².